The predicted molar refractivity (Wildman–Crippen MR) is 150 cm³/mol. The molecule has 0 aliphatic carbocycles. The first-order valence-corrected chi connectivity index (χ1v) is 14.8. The Kier molecular flexibility index (Phi) is 10.1. The van der Waals surface area contributed by atoms with Gasteiger partial charge in [0, 0.05) is 11.3 Å². The summed E-state index contributed by atoms with van der Waals surface area (Å²) in [5.74, 6) is 0.482. The zero-order valence-electron chi connectivity index (χ0n) is 23.1. The number of nitrogen functional groups attached to an aromatic ring is 1. The van der Waals surface area contributed by atoms with E-state index in [1.54, 1.807) is 60.2 Å². The summed E-state index contributed by atoms with van der Waals surface area (Å²) in [5.41, 5.74) is 12.8. The molecule has 4 rings (SSSR count). The Morgan fingerprint density at radius 1 is 1.10 bits per heavy atom. The smallest absolute Gasteiger partial charge is 0.362 e. The first kappa shape index (κ1) is 31.3. The predicted octanol–water partition coefficient (Wildman–Crippen LogP) is 0.345. The van der Waals surface area contributed by atoms with E-state index in [-0.39, 0.29) is 18.9 Å². The summed E-state index contributed by atoms with van der Waals surface area (Å²) in [7, 11) is -4.51. The number of carbonyl (C=O) groups excluding carboxylic acids is 1. The summed E-state index contributed by atoms with van der Waals surface area (Å²) < 4.78 is 42.3. The van der Waals surface area contributed by atoms with E-state index in [0.29, 0.717) is 35.0 Å². The number of hydrogen-bond acceptors (Lipinski definition) is 13. The van der Waals surface area contributed by atoms with Crippen molar-refractivity contribution in [1.82, 2.24) is 24.9 Å². The molecule has 0 spiro atoms. The molecule has 1 aliphatic rings. The van der Waals surface area contributed by atoms with Crippen molar-refractivity contribution in [3.63, 3.8) is 0 Å². The third-order valence-electron chi connectivity index (χ3n) is 6.93. The van der Waals surface area contributed by atoms with E-state index in [1.165, 1.54) is 4.80 Å². The number of carbonyl (C=O) groups is 1. The van der Waals surface area contributed by atoms with Crippen molar-refractivity contribution in [2.24, 2.45) is 11.7 Å². The van der Waals surface area contributed by atoms with Crippen LogP contribution in [-0.4, -0.2) is 81.8 Å². The fourth-order valence-corrected chi connectivity index (χ4v) is 4.89. The lowest BCUT2D eigenvalue weighted by atomic mass is 10.00. The maximum absolute atomic E-state index is 12.2. The fourth-order valence-electron chi connectivity index (χ4n) is 4.13. The molecule has 3 aromatic rings. The number of nitrogens with two attached hydrogens (primary N) is 2. The van der Waals surface area contributed by atoms with E-state index >= 15 is 0 Å². The Hall–Kier alpha value is -3.67. The second-order valence-corrected chi connectivity index (χ2v) is 11.4. The summed E-state index contributed by atoms with van der Waals surface area (Å²) in [6.45, 7) is 3.10. The molecule has 1 aliphatic heterocycles. The fraction of sp³-hybridized carbons (Fsp3) is 0.462. The van der Waals surface area contributed by atoms with Crippen molar-refractivity contribution >= 4 is 21.9 Å². The first-order chi connectivity index (χ1) is 20.0. The largest absolute Gasteiger partial charge is 0.457 e. The lowest BCUT2D eigenvalue weighted by Crippen LogP contribution is -2.47. The zero-order valence-corrected chi connectivity index (χ0v) is 23.9. The zero-order chi connectivity index (χ0) is 30.4. The number of amides is 1. The summed E-state index contributed by atoms with van der Waals surface area (Å²) >= 11 is 0. The highest BCUT2D eigenvalue weighted by atomic mass is 32.2. The molecular weight excluding hydrogens is 570 g/mol. The molecule has 6 atom stereocenters. The van der Waals surface area contributed by atoms with Crippen molar-refractivity contribution in [3.05, 3.63) is 48.5 Å². The molecule has 2 aromatic carbocycles. The number of nitrogens with zero attached hydrogens (tertiary/aromatic N) is 4. The summed E-state index contributed by atoms with van der Waals surface area (Å²) in [4.78, 5) is 13.4. The van der Waals surface area contributed by atoms with Crippen molar-refractivity contribution < 1.29 is 37.1 Å². The van der Waals surface area contributed by atoms with Crippen LogP contribution in [0.5, 0.6) is 11.5 Å². The minimum Gasteiger partial charge on any atom is -0.457 e. The second-order valence-electron chi connectivity index (χ2n) is 10.0. The second kappa shape index (κ2) is 13.5. The summed E-state index contributed by atoms with van der Waals surface area (Å²) in [6, 6.07) is 13.1. The number of rotatable bonds is 13. The van der Waals surface area contributed by atoms with Crippen LogP contribution in [-0.2, 0) is 30.6 Å². The molecule has 7 N–H and O–H groups in total. The van der Waals surface area contributed by atoms with Gasteiger partial charge in [0.05, 0.1) is 25.3 Å². The molecular formula is C26H35N7O8S. The van der Waals surface area contributed by atoms with Crippen molar-refractivity contribution in [3.8, 4) is 22.9 Å². The quantitative estimate of drug-likeness (QED) is 0.166. The molecule has 16 heteroatoms. The number of anilines is 1. The molecule has 1 saturated heterocycles. The van der Waals surface area contributed by atoms with Gasteiger partial charge in [0.25, 0.3) is 5.91 Å². The van der Waals surface area contributed by atoms with Crippen LogP contribution < -0.4 is 20.9 Å². The van der Waals surface area contributed by atoms with Gasteiger partial charge in [-0.15, -0.1) is 10.2 Å². The van der Waals surface area contributed by atoms with Crippen LogP contribution in [0.2, 0.25) is 0 Å². The third-order valence-corrected chi connectivity index (χ3v) is 7.83. The topological polar surface area (TPSA) is 227 Å². The lowest BCUT2D eigenvalue weighted by Gasteiger charge is -2.18. The maximum atomic E-state index is 12.2. The summed E-state index contributed by atoms with van der Waals surface area (Å²) in [5, 5.41) is 33.2. The minimum absolute atomic E-state index is 0.187. The molecule has 2 heterocycles. The molecule has 0 saturated carbocycles. The Balaban J connectivity index is 1.26. The van der Waals surface area contributed by atoms with Gasteiger partial charge in [0.2, 0.25) is 5.82 Å². The third kappa shape index (κ3) is 7.99. The van der Waals surface area contributed by atoms with E-state index in [9.17, 15) is 23.4 Å². The van der Waals surface area contributed by atoms with Gasteiger partial charge in [0.1, 0.15) is 29.8 Å². The van der Waals surface area contributed by atoms with Gasteiger partial charge in [0.15, 0.2) is 0 Å². The van der Waals surface area contributed by atoms with Crippen molar-refractivity contribution in [2.75, 3.05) is 12.3 Å². The molecule has 1 amide bonds. The van der Waals surface area contributed by atoms with E-state index in [2.05, 4.69) is 15.4 Å². The number of nitrogens with one attached hydrogen (secondary N) is 1. The molecule has 0 bridgehead atoms. The molecule has 228 valence electrons. The SMILES string of the molecule is CC[C@H](C)[C@H](N)C(=O)NS(=O)(=O)OC[C@H]1O[C@@H](CCn2nnc(-c3ccc(Oc4ccc(N)cc4)cc3)n2)[C@H](O)[C@@H]1O. The van der Waals surface area contributed by atoms with Gasteiger partial charge < -0.3 is 31.2 Å². The highest BCUT2D eigenvalue weighted by Gasteiger charge is 2.43. The molecule has 1 fully saturated rings. The molecule has 1 aromatic heterocycles. The van der Waals surface area contributed by atoms with Gasteiger partial charge in [-0.3, -0.25) is 8.98 Å². The van der Waals surface area contributed by atoms with Gasteiger partial charge in [-0.1, -0.05) is 20.3 Å². The standard InChI is InChI=1S/C26H35N7O8S/c1-3-15(2)22(28)26(36)31-42(37,38)39-14-21-24(35)23(34)20(41-21)12-13-33-30-25(29-32-33)16-4-8-18(9-5-16)40-19-10-6-17(27)7-11-19/h4-11,15,20-24,34-35H,3,12-14,27-28H2,1-2H3,(H,31,36)/t15-,20-,21+,22-,23-,24+/m0/s1. The maximum Gasteiger partial charge on any atom is 0.362 e. The average molecular weight is 606 g/mol. The normalized spacial score (nSPS) is 22.0. The van der Waals surface area contributed by atoms with E-state index in [4.69, 9.17) is 25.1 Å². The Bertz CT molecular complexity index is 1440. The van der Waals surface area contributed by atoms with E-state index < -0.39 is 53.3 Å². The number of aromatic nitrogens is 4. The number of tetrazole rings is 1. The van der Waals surface area contributed by atoms with Gasteiger partial charge in [-0.25, -0.2) is 4.72 Å². The van der Waals surface area contributed by atoms with Crippen LogP contribution in [0.3, 0.4) is 0 Å². The highest BCUT2D eigenvalue weighted by molar-refractivity contribution is 7.85. The van der Waals surface area contributed by atoms with Crippen LogP contribution in [0, 0.1) is 5.92 Å². The van der Waals surface area contributed by atoms with Gasteiger partial charge in [-0.05, 0) is 66.1 Å². The van der Waals surface area contributed by atoms with Crippen LogP contribution in [0.4, 0.5) is 5.69 Å². The van der Waals surface area contributed by atoms with Gasteiger partial charge >= 0.3 is 10.3 Å². The van der Waals surface area contributed by atoms with E-state index in [1.807, 2.05) is 6.92 Å². The molecule has 42 heavy (non-hydrogen) atoms. The summed E-state index contributed by atoms with van der Waals surface area (Å²) in [6.07, 6.45) is -3.98. The van der Waals surface area contributed by atoms with E-state index in [0.717, 1.165) is 0 Å². The number of ether oxygens (including phenoxy) is 2. The molecule has 15 nitrogen and oxygen atoms in total. The van der Waals surface area contributed by atoms with Crippen LogP contribution in [0.1, 0.15) is 26.7 Å². The monoisotopic (exact) mass is 605 g/mol. The average Bonchev–Trinajstić information content (AvgIpc) is 3.55. The Morgan fingerprint density at radius 2 is 1.71 bits per heavy atom. The van der Waals surface area contributed by atoms with Crippen LogP contribution in [0.25, 0.3) is 11.4 Å². The number of hydrogen-bond donors (Lipinski definition) is 5. The minimum atomic E-state index is -4.51. The van der Waals surface area contributed by atoms with Crippen molar-refractivity contribution in [2.45, 2.75) is 63.7 Å². The molecule has 0 unspecified atom stereocenters. The Labute approximate surface area is 243 Å². The lowest BCUT2D eigenvalue weighted by molar-refractivity contribution is -0.121. The first-order valence-electron chi connectivity index (χ1n) is 13.4. The number of aliphatic hydroxyl groups is 2. The van der Waals surface area contributed by atoms with Crippen LogP contribution in [0.15, 0.2) is 48.5 Å². The number of aliphatic hydroxyl groups excluding tert-OH is 2. The van der Waals surface area contributed by atoms with Crippen molar-refractivity contribution in [1.29, 1.82) is 0 Å². The highest BCUT2D eigenvalue weighted by Crippen LogP contribution is 2.26. The van der Waals surface area contributed by atoms with Crippen LogP contribution >= 0.6 is 0 Å². The Morgan fingerprint density at radius 3 is 2.36 bits per heavy atom. The molecule has 0 radical (unpaired) electrons. The number of aryl methyl sites for hydroxylation is 1. The van der Waals surface area contributed by atoms with Gasteiger partial charge in [-0.2, -0.15) is 13.2 Å². The number of benzene rings is 2.